The highest BCUT2D eigenvalue weighted by atomic mass is 32.1. The second-order valence-corrected chi connectivity index (χ2v) is 4.81. The van der Waals surface area contributed by atoms with Crippen LogP contribution in [0.1, 0.15) is 39.5 Å². The zero-order valence-electron chi connectivity index (χ0n) is 11.9. The Morgan fingerprint density at radius 2 is 1.84 bits per heavy atom. The minimum atomic E-state index is 0.681. The van der Waals surface area contributed by atoms with Crippen LogP contribution in [0.3, 0.4) is 0 Å². The number of unbranched alkanes of at least 4 members (excludes halogenated alkanes) is 3. The maximum Gasteiger partial charge on any atom is 0.170 e. The summed E-state index contributed by atoms with van der Waals surface area (Å²) in [5.74, 6) is 0.881. The van der Waals surface area contributed by atoms with Gasteiger partial charge in [-0.2, -0.15) is 0 Å². The van der Waals surface area contributed by atoms with Gasteiger partial charge in [0.25, 0.3) is 0 Å². The van der Waals surface area contributed by atoms with Crippen molar-refractivity contribution < 1.29 is 4.74 Å². The molecule has 0 aliphatic heterocycles. The molecule has 0 amide bonds. The number of anilines is 1. The van der Waals surface area contributed by atoms with Gasteiger partial charge < -0.3 is 15.4 Å². The molecule has 0 unspecified atom stereocenters. The fourth-order valence-electron chi connectivity index (χ4n) is 1.73. The van der Waals surface area contributed by atoms with Crippen LogP contribution in [0.25, 0.3) is 0 Å². The third-order valence-corrected chi connectivity index (χ3v) is 2.99. The summed E-state index contributed by atoms with van der Waals surface area (Å²) in [6.45, 7) is 5.81. The van der Waals surface area contributed by atoms with E-state index in [-0.39, 0.29) is 0 Å². The molecule has 0 radical (unpaired) electrons. The summed E-state index contributed by atoms with van der Waals surface area (Å²) in [6.07, 6.45) is 4.98. The first-order valence-corrected chi connectivity index (χ1v) is 7.44. The van der Waals surface area contributed by atoms with E-state index in [0.29, 0.717) is 11.7 Å². The average Bonchev–Trinajstić information content (AvgIpc) is 2.41. The summed E-state index contributed by atoms with van der Waals surface area (Å²) >= 11 is 5.24. The lowest BCUT2D eigenvalue weighted by Crippen LogP contribution is -2.29. The van der Waals surface area contributed by atoms with Crippen molar-refractivity contribution in [2.75, 3.05) is 18.5 Å². The van der Waals surface area contributed by atoms with Crippen LogP contribution in [-0.2, 0) is 0 Å². The first-order chi connectivity index (χ1) is 9.26. The summed E-state index contributed by atoms with van der Waals surface area (Å²) in [7, 11) is 0. The predicted molar refractivity (Wildman–Crippen MR) is 86.0 cm³/mol. The predicted octanol–water partition coefficient (Wildman–Crippen LogP) is 3.95. The van der Waals surface area contributed by atoms with Gasteiger partial charge in [0.1, 0.15) is 5.75 Å². The van der Waals surface area contributed by atoms with Crippen LogP contribution in [-0.4, -0.2) is 18.3 Å². The van der Waals surface area contributed by atoms with Gasteiger partial charge >= 0.3 is 0 Å². The van der Waals surface area contributed by atoms with Gasteiger partial charge in [-0.1, -0.05) is 26.2 Å². The van der Waals surface area contributed by atoms with E-state index in [0.717, 1.165) is 18.0 Å². The number of nitrogens with one attached hydrogen (secondary N) is 2. The van der Waals surface area contributed by atoms with Crippen molar-refractivity contribution in [2.24, 2.45) is 0 Å². The summed E-state index contributed by atoms with van der Waals surface area (Å²) < 4.78 is 5.39. The Hall–Kier alpha value is -1.29. The Labute approximate surface area is 121 Å². The van der Waals surface area contributed by atoms with Gasteiger partial charge in [0.15, 0.2) is 5.11 Å². The number of benzene rings is 1. The molecule has 0 heterocycles. The molecule has 0 aromatic heterocycles. The number of hydrogen-bond donors (Lipinski definition) is 2. The average molecular weight is 280 g/mol. The Balaban J connectivity index is 2.24. The van der Waals surface area contributed by atoms with Crippen molar-refractivity contribution in [1.82, 2.24) is 5.32 Å². The lowest BCUT2D eigenvalue weighted by Gasteiger charge is -2.11. The minimum Gasteiger partial charge on any atom is -0.494 e. The van der Waals surface area contributed by atoms with E-state index in [9.17, 15) is 0 Å². The molecule has 0 aliphatic carbocycles. The zero-order valence-corrected chi connectivity index (χ0v) is 12.7. The van der Waals surface area contributed by atoms with Gasteiger partial charge in [-0.25, -0.2) is 0 Å². The maximum atomic E-state index is 5.39. The second-order valence-electron chi connectivity index (χ2n) is 4.40. The van der Waals surface area contributed by atoms with Gasteiger partial charge in [0.2, 0.25) is 0 Å². The highest BCUT2D eigenvalue weighted by molar-refractivity contribution is 7.80. The summed E-state index contributed by atoms with van der Waals surface area (Å²) in [5.41, 5.74) is 0.981. The third-order valence-electron chi connectivity index (χ3n) is 2.74. The highest BCUT2D eigenvalue weighted by Crippen LogP contribution is 2.15. The number of ether oxygens (including phenoxy) is 1. The molecule has 0 saturated heterocycles. The molecule has 0 atom stereocenters. The summed E-state index contributed by atoms with van der Waals surface area (Å²) in [6, 6.07) is 7.82. The van der Waals surface area contributed by atoms with Gasteiger partial charge in [-0.05, 0) is 49.8 Å². The fraction of sp³-hybridized carbons (Fsp3) is 0.533. The van der Waals surface area contributed by atoms with E-state index in [1.54, 1.807) is 0 Å². The van der Waals surface area contributed by atoms with Crippen molar-refractivity contribution in [3.63, 3.8) is 0 Å². The largest absolute Gasteiger partial charge is 0.494 e. The summed E-state index contributed by atoms with van der Waals surface area (Å²) in [5, 5.41) is 7.07. The van der Waals surface area contributed by atoms with Gasteiger partial charge in [0.05, 0.1) is 6.61 Å². The molecular formula is C15H24N2OS. The highest BCUT2D eigenvalue weighted by Gasteiger charge is 1.98. The number of hydrogen-bond acceptors (Lipinski definition) is 2. The Morgan fingerprint density at radius 1 is 1.11 bits per heavy atom. The molecule has 0 fully saturated rings. The van der Waals surface area contributed by atoms with Crippen LogP contribution >= 0.6 is 12.2 Å². The molecular weight excluding hydrogens is 256 g/mol. The molecule has 3 nitrogen and oxygen atoms in total. The van der Waals surface area contributed by atoms with Gasteiger partial charge in [-0.3, -0.25) is 0 Å². The first-order valence-electron chi connectivity index (χ1n) is 7.04. The van der Waals surface area contributed by atoms with Crippen LogP contribution in [0.5, 0.6) is 5.75 Å². The molecule has 4 heteroatoms. The van der Waals surface area contributed by atoms with Crippen LogP contribution in [0, 0.1) is 0 Å². The van der Waals surface area contributed by atoms with E-state index < -0.39 is 0 Å². The van der Waals surface area contributed by atoms with Crippen LogP contribution in [0.15, 0.2) is 24.3 Å². The Kier molecular flexibility index (Phi) is 7.98. The van der Waals surface area contributed by atoms with Crippen LogP contribution < -0.4 is 15.4 Å². The maximum absolute atomic E-state index is 5.39. The monoisotopic (exact) mass is 280 g/mol. The molecule has 106 valence electrons. The molecule has 2 N–H and O–H groups in total. The molecule has 1 rings (SSSR count). The number of thiocarbonyl (C=S) groups is 1. The normalized spacial score (nSPS) is 10.0. The van der Waals surface area contributed by atoms with E-state index in [2.05, 4.69) is 17.6 Å². The van der Waals surface area contributed by atoms with Crippen LogP contribution in [0.4, 0.5) is 5.69 Å². The minimum absolute atomic E-state index is 0.681. The lowest BCUT2D eigenvalue weighted by molar-refractivity contribution is 0.340. The zero-order chi connectivity index (χ0) is 13.9. The lowest BCUT2D eigenvalue weighted by atomic mass is 10.2. The third kappa shape index (κ3) is 7.01. The smallest absolute Gasteiger partial charge is 0.170 e. The standard InChI is InChI=1S/C15H24N2OS/c1-3-5-6-7-12-16-15(19)17-13-8-10-14(11-9-13)18-4-2/h8-11H,3-7,12H2,1-2H3,(H2,16,17,19). The summed E-state index contributed by atoms with van der Waals surface area (Å²) in [4.78, 5) is 0. The van der Waals surface area contributed by atoms with E-state index >= 15 is 0 Å². The van der Waals surface area contributed by atoms with Gasteiger partial charge in [0, 0.05) is 12.2 Å². The quantitative estimate of drug-likeness (QED) is 0.558. The second kappa shape index (κ2) is 9.62. The van der Waals surface area contributed by atoms with E-state index in [1.807, 2.05) is 31.2 Å². The van der Waals surface area contributed by atoms with Crippen molar-refractivity contribution in [2.45, 2.75) is 39.5 Å². The van der Waals surface area contributed by atoms with E-state index in [4.69, 9.17) is 17.0 Å². The van der Waals surface area contributed by atoms with Crippen molar-refractivity contribution >= 4 is 23.0 Å². The Morgan fingerprint density at radius 3 is 2.47 bits per heavy atom. The van der Waals surface area contributed by atoms with E-state index in [1.165, 1.54) is 25.7 Å². The molecule has 0 saturated carbocycles. The van der Waals surface area contributed by atoms with Crippen molar-refractivity contribution in [1.29, 1.82) is 0 Å². The van der Waals surface area contributed by atoms with Crippen molar-refractivity contribution in [3.8, 4) is 5.75 Å². The molecule has 0 spiro atoms. The molecule has 0 bridgehead atoms. The van der Waals surface area contributed by atoms with Gasteiger partial charge in [-0.15, -0.1) is 0 Å². The molecule has 1 aromatic carbocycles. The fourth-order valence-corrected chi connectivity index (χ4v) is 1.95. The van der Waals surface area contributed by atoms with Crippen molar-refractivity contribution in [3.05, 3.63) is 24.3 Å². The number of rotatable bonds is 8. The van der Waals surface area contributed by atoms with Crippen LogP contribution in [0.2, 0.25) is 0 Å². The molecule has 1 aromatic rings. The topological polar surface area (TPSA) is 33.3 Å². The Bertz CT molecular complexity index is 365. The first kappa shape index (κ1) is 15.8. The molecule has 19 heavy (non-hydrogen) atoms. The molecule has 0 aliphatic rings. The SMILES string of the molecule is CCCCCCNC(=S)Nc1ccc(OCC)cc1.